The van der Waals surface area contributed by atoms with Gasteiger partial charge in [-0.1, -0.05) is 18.2 Å². The minimum absolute atomic E-state index is 0.0901. The Morgan fingerprint density at radius 2 is 2.18 bits per heavy atom. The molecule has 112 valence electrons. The van der Waals surface area contributed by atoms with Crippen molar-refractivity contribution in [3.63, 3.8) is 0 Å². The quantitative estimate of drug-likeness (QED) is 0.578. The number of methoxy groups -OCH3 is 1. The highest BCUT2D eigenvalue weighted by Gasteiger charge is 2.22. The van der Waals surface area contributed by atoms with Crippen molar-refractivity contribution in [2.24, 2.45) is 0 Å². The van der Waals surface area contributed by atoms with Crippen molar-refractivity contribution < 1.29 is 9.66 Å². The summed E-state index contributed by atoms with van der Waals surface area (Å²) in [6, 6.07) is 12.7. The van der Waals surface area contributed by atoms with Crippen LogP contribution < -0.4 is 5.32 Å². The Morgan fingerprint density at radius 1 is 1.32 bits per heavy atom. The SMILES string of the molecule is COCc1cccc(Nc2nc3ccccn3c2[N+](=O)[O-])c1. The molecule has 0 spiro atoms. The first-order valence-corrected chi connectivity index (χ1v) is 6.65. The fourth-order valence-corrected chi connectivity index (χ4v) is 2.28. The molecule has 3 aromatic rings. The number of benzene rings is 1. The number of nitro groups is 1. The van der Waals surface area contributed by atoms with E-state index in [1.54, 1.807) is 31.5 Å². The lowest BCUT2D eigenvalue weighted by molar-refractivity contribution is -0.389. The molecule has 0 bridgehead atoms. The van der Waals surface area contributed by atoms with Crippen LogP contribution in [0.5, 0.6) is 0 Å². The lowest BCUT2D eigenvalue weighted by Gasteiger charge is -2.06. The molecule has 3 rings (SSSR count). The molecule has 1 N–H and O–H groups in total. The lowest BCUT2D eigenvalue weighted by atomic mass is 10.2. The Morgan fingerprint density at radius 3 is 2.95 bits per heavy atom. The molecule has 22 heavy (non-hydrogen) atoms. The standard InChI is InChI=1S/C15H14N4O3/c1-22-10-11-5-4-6-12(9-11)16-14-15(19(20)21)18-8-3-2-7-13(18)17-14/h2-9,16H,10H2,1H3. The van der Waals surface area contributed by atoms with Crippen LogP contribution >= 0.6 is 0 Å². The number of ether oxygens (including phenoxy) is 1. The smallest absolute Gasteiger partial charge is 0.372 e. The van der Waals surface area contributed by atoms with E-state index < -0.39 is 4.92 Å². The van der Waals surface area contributed by atoms with Crippen LogP contribution in [-0.4, -0.2) is 21.4 Å². The van der Waals surface area contributed by atoms with Gasteiger partial charge in [0.05, 0.1) is 12.8 Å². The average Bonchev–Trinajstić information content (AvgIpc) is 2.85. The molecule has 0 aliphatic rings. The van der Waals surface area contributed by atoms with Crippen molar-refractivity contribution in [2.75, 3.05) is 12.4 Å². The third-order valence-electron chi connectivity index (χ3n) is 3.18. The van der Waals surface area contributed by atoms with Crippen LogP contribution in [0.15, 0.2) is 48.7 Å². The molecule has 7 nitrogen and oxygen atoms in total. The van der Waals surface area contributed by atoms with Crippen molar-refractivity contribution in [2.45, 2.75) is 6.61 Å². The first-order valence-electron chi connectivity index (χ1n) is 6.65. The minimum atomic E-state index is -0.443. The third-order valence-corrected chi connectivity index (χ3v) is 3.18. The molecule has 0 aliphatic carbocycles. The Bertz CT molecular complexity index is 829. The van der Waals surface area contributed by atoms with E-state index in [9.17, 15) is 10.1 Å². The topological polar surface area (TPSA) is 81.7 Å². The van der Waals surface area contributed by atoms with Crippen LogP contribution in [0.1, 0.15) is 5.56 Å². The predicted octanol–water partition coefficient (Wildman–Crippen LogP) is 3.13. The van der Waals surface area contributed by atoms with Gasteiger partial charge in [0.25, 0.3) is 0 Å². The monoisotopic (exact) mass is 298 g/mol. The van der Waals surface area contributed by atoms with Gasteiger partial charge in [-0.15, -0.1) is 0 Å². The summed E-state index contributed by atoms with van der Waals surface area (Å²) in [6.45, 7) is 0.475. The van der Waals surface area contributed by atoms with Crippen molar-refractivity contribution in [3.05, 3.63) is 64.3 Å². The zero-order chi connectivity index (χ0) is 15.5. The van der Waals surface area contributed by atoms with Gasteiger partial charge in [0.2, 0.25) is 11.5 Å². The number of hydrogen-bond donors (Lipinski definition) is 1. The highest BCUT2D eigenvalue weighted by Crippen LogP contribution is 2.28. The maximum absolute atomic E-state index is 11.3. The maximum Gasteiger partial charge on any atom is 0.372 e. The molecule has 0 radical (unpaired) electrons. The zero-order valence-electron chi connectivity index (χ0n) is 11.9. The summed E-state index contributed by atoms with van der Waals surface area (Å²) in [6.07, 6.45) is 1.62. The summed E-state index contributed by atoms with van der Waals surface area (Å²) < 4.78 is 6.53. The number of fused-ring (bicyclic) bond motifs is 1. The van der Waals surface area contributed by atoms with Gasteiger partial charge in [-0.2, -0.15) is 9.38 Å². The van der Waals surface area contributed by atoms with E-state index >= 15 is 0 Å². The molecule has 7 heteroatoms. The number of pyridine rings is 1. The zero-order valence-corrected chi connectivity index (χ0v) is 11.9. The third kappa shape index (κ3) is 2.61. The largest absolute Gasteiger partial charge is 0.380 e. The van der Waals surface area contributed by atoms with Crippen LogP contribution in [0.4, 0.5) is 17.3 Å². The molecule has 0 saturated heterocycles. The second-order valence-corrected chi connectivity index (χ2v) is 4.73. The molecule has 0 fully saturated rings. The van der Waals surface area contributed by atoms with Gasteiger partial charge >= 0.3 is 5.82 Å². The van der Waals surface area contributed by atoms with Crippen molar-refractivity contribution >= 4 is 23.0 Å². The molecule has 0 unspecified atom stereocenters. The van der Waals surface area contributed by atoms with E-state index in [1.807, 2.05) is 24.3 Å². The van der Waals surface area contributed by atoms with E-state index in [0.29, 0.717) is 12.3 Å². The Kier molecular flexibility index (Phi) is 3.71. The van der Waals surface area contributed by atoms with E-state index in [-0.39, 0.29) is 11.6 Å². The van der Waals surface area contributed by atoms with Crippen molar-refractivity contribution in [1.29, 1.82) is 0 Å². The van der Waals surface area contributed by atoms with Crippen molar-refractivity contribution in [3.8, 4) is 0 Å². The van der Waals surface area contributed by atoms with Crippen LogP contribution in [0.25, 0.3) is 5.65 Å². The number of nitrogens with one attached hydrogen (secondary N) is 1. The average molecular weight is 298 g/mol. The molecule has 0 atom stereocenters. The summed E-state index contributed by atoms with van der Waals surface area (Å²) in [5.74, 6) is 0.124. The van der Waals surface area contributed by atoms with E-state index in [2.05, 4.69) is 10.3 Å². The van der Waals surface area contributed by atoms with Crippen LogP contribution in [-0.2, 0) is 11.3 Å². The minimum Gasteiger partial charge on any atom is -0.380 e. The van der Waals surface area contributed by atoms with Gasteiger partial charge in [0.1, 0.15) is 0 Å². The van der Waals surface area contributed by atoms with Crippen molar-refractivity contribution in [1.82, 2.24) is 9.38 Å². The number of aromatic nitrogens is 2. The second-order valence-electron chi connectivity index (χ2n) is 4.73. The number of nitrogens with zero attached hydrogens (tertiary/aromatic N) is 3. The summed E-state index contributed by atoms with van der Waals surface area (Å²) in [5.41, 5.74) is 2.21. The summed E-state index contributed by atoms with van der Waals surface area (Å²) in [4.78, 5) is 15.2. The second kappa shape index (κ2) is 5.82. The molecule has 2 heterocycles. The number of rotatable bonds is 5. The van der Waals surface area contributed by atoms with Gasteiger partial charge in [-0.3, -0.25) is 0 Å². The molecular weight excluding hydrogens is 284 g/mol. The van der Waals surface area contributed by atoms with E-state index in [1.165, 1.54) is 4.40 Å². The normalized spacial score (nSPS) is 10.8. The Hall–Kier alpha value is -2.93. The van der Waals surface area contributed by atoms with Gasteiger partial charge in [-0.05, 0) is 28.7 Å². The van der Waals surface area contributed by atoms with E-state index in [4.69, 9.17) is 4.74 Å². The molecule has 0 amide bonds. The Labute approximate surface area is 126 Å². The van der Waals surface area contributed by atoms with E-state index in [0.717, 1.165) is 11.3 Å². The van der Waals surface area contributed by atoms with Gasteiger partial charge < -0.3 is 20.2 Å². The summed E-state index contributed by atoms with van der Waals surface area (Å²) in [5, 5.41) is 14.4. The van der Waals surface area contributed by atoms with Crippen LogP contribution in [0, 0.1) is 10.1 Å². The lowest BCUT2D eigenvalue weighted by Crippen LogP contribution is -1.99. The maximum atomic E-state index is 11.3. The first-order chi connectivity index (χ1) is 10.7. The highest BCUT2D eigenvalue weighted by atomic mass is 16.6. The fourth-order valence-electron chi connectivity index (χ4n) is 2.28. The molecule has 0 saturated carbocycles. The van der Waals surface area contributed by atoms with Crippen LogP contribution in [0.2, 0.25) is 0 Å². The summed E-state index contributed by atoms with van der Waals surface area (Å²) >= 11 is 0. The molecule has 2 aromatic heterocycles. The first kappa shape index (κ1) is 14.0. The Balaban J connectivity index is 2.01. The van der Waals surface area contributed by atoms with Gasteiger partial charge in [0.15, 0.2) is 0 Å². The number of hydrogen-bond acceptors (Lipinski definition) is 5. The molecule has 0 aliphatic heterocycles. The highest BCUT2D eigenvalue weighted by molar-refractivity contribution is 5.69. The predicted molar refractivity (Wildman–Crippen MR) is 82.3 cm³/mol. The molecular formula is C15H14N4O3. The summed E-state index contributed by atoms with van der Waals surface area (Å²) in [7, 11) is 1.62. The number of anilines is 2. The van der Waals surface area contributed by atoms with Gasteiger partial charge in [0, 0.05) is 18.9 Å². The fraction of sp³-hybridized carbons (Fsp3) is 0.133. The van der Waals surface area contributed by atoms with Crippen LogP contribution in [0.3, 0.4) is 0 Å². The molecule has 1 aromatic carbocycles. The number of imidazole rings is 1. The van der Waals surface area contributed by atoms with Gasteiger partial charge in [-0.25, -0.2) is 0 Å².